The number of rotatable bonds is 8. The van der Waals surface area contributed by atoms with E-state index < -0.39 is 17.8 Å². The van der Waals surface area contributed by atoms with E-state index in [-0.39, 0.29) is 30.4 Å². The SMILES string of the molecule is O=C(c1cccc(F)c1)N(CCN1CCOCC1)CC(=O)N1N=C(c2cccs2)C[C@@H]1c1ccc(F)cc1. The molecule has 0 spiro atoms. The van der Waals surface area contributed by atoms with Crippen molar-refractivity contribution in [3.63, 3.8) is 0 Å². The minimum absolute atomic E-state index is 0.180. The number of hydrogen-bond acceptors (Lipinski definition) is 6. The van der Waals surface area contributed by atoms with E-state index in [2.05, 4.69) is 10.0 Å². The second-order valence-electron chi connectivity index (χ2n) is 9.22. The van der Waals surface area contributed by atoms with Gasteiger partial charge in [-0.15, -0.1) is 11.3 Å². The Morgan fingerprint density at radius 2 is 1.82 bits per heavy atom. The fourth-order valence-corrected chi connectivity index (χ4v) is 5.38. The molecule has 1 aromatic heterocycles. The van der Waals surface area contributed by atoms with Crippen LogP contribution in [0.4, 0.5) is 8.78 Å². The largest absolute Gasteiger partial charge is 0.379 e. The van der Waals surface area contributed by atoms with Crippen LogP contribution < -0.4 is 0 Å². The van der Waals surface area contributed by atoms with E-state index in [1.54, 1.807) is 18.2 Å². The van der Waals surface area contributed by atoms with Gasteiger partial charge in [-0.25, -0.2) is 13.8 Å². The van der Waals surface area contributed by atoms with E-state index in [4.69, 9.17) is 4.74 Å². The Hall–Kier alpha value is -3.47. The highest BCUT2D eigenvalue weighted by Gasteiger charge is 2.35. The summed E-state index contributed by atoms with van der Waals surface area (Å²) >= 11 is 1.53. The van der Waals surface area contributed by atoms with Crippen LogP contribution in [0.2, 0.25) is 0 Å². The van der Waals surface area contributed by atoms with Gasteiger partial charge in [-0.3, -0.25) is 14.5 Å². The average Bonchev–Trinajstić information content (AvgIpc) is 3.62. The Morgan fingerprint density at radius 3 is 2.53 bits per heavy atom. The van der Waals surface area contributed by atoms with Crippen molar-refractivity contribution in [3.8, 4) is 0 Å². The van der Waals surface area contributed by atoms with Gasteiger partial charge < -0.3 is 9.64 Å². The molecule has 1 saturated heterocycles. The molecule has 0 unspecified atom stereocenters. The zero-order valence-corrected chi connectivity index (χ0v) is 21.6. The van der Waals surface area contributed by atoms with Gasteiger partial charge in [0.25, 0.3) is 11.8 Å². The molecule has 1 fully saturated rings. The number of benzene rings is 2. The molecule has 0 aliphatic carbocycles. The van der Waals surface area contributed by atoms with Gasteiger partial charge in [-0.05, 0) is 47.3 Å². The number of carbonyl (C=O) groups excluding carboxylic acids is 2. The molecule has 1 atom stereocenters. The molecule has 5 rings (SSSR count). The topological polar surface area (TPSA) is 65.5 Å². The number of hydrazone groups is 1. The monoisotopic (exact) mass is 538 g/mol. The van der Waals surface area contributed by atoms with E-state index in [1.165, 1.54) is 51.6 Å². The number of morpholine rings is 1. The van der Waals surface area contributed by atoms with E-state index in [1.807, 2.05) is 17.5 Å². The third-order valence-electron chi connectivity index (χ3n) is 6.70. The van der Waals surface area contributed by atoms with Crippen LogP contribution in [-0.2, 0) is 9.53 Å². The highest BCUT2D eigenvalue weighted by atomic mass is 32.1. The van der Waals surface area contributed by atoms with Crippen LogP contribution in [0.25, 0.3) is 0 Å². The minimum Gasteiger partial charge on any atom is -0.379 e. The van der Waals surface area contributed by atoms with E-state index in [0.717, 1.165) is 29.2 Å². The maximum absolute atomic E-state index is 13.9. The molecule has 0 radical (unpaired) electrons. The molecule has 3 aromatic rings. The second-order valence-corrected chi connectivity index (χ2v) is 10.2. The highest BCUT2D eigenvalue weighted by molar-refractivity contribution is 7.12. The number of amides is 2. The lowest BCUT2D eigenvalue weighted by atomic mass is 10.0. The van der Waals surface area contributed by atoms with Crippen LogP contribution >= 0.6 is 11.3 Å². The summed E-state index contributed by atoms with van der Waals surface area (Å²) in [5.41, 5.74) is 1.70. The van der Waals surface area contributed by atoms with Crippen molar-refractivity contribution in [2.45, 2.75) is 12.5 Å². The molecular weight excluding hydrogens is 510 g/mol. The number of hydrogen-bond donors (Lipinski definition) is 0. The molecule has 2 aliphatic rings. The molecule has 7 nitrogen and oxygen atoms in total. The summed E-state index contributed by atoms with van der Waals surface area (Å²) in [6.07, 6.45) is 0.476. The number of halogens is 2. The lowest BCUT2D eigenvalue weighted by Crippen LogP contribution is -2.46. The lowest BCUT2D eigenvalue weighted by Gasteiger charge is -2.31. The van der Waals surface area contributed by atoms with Crippen molar-refractivity contribution < 1.29 is 23.1 Å². The molecule has 10 heteroatoms. The van der Waals surface area contributed by atoms with Crippen molar-refractivity contribution in [1.29, 1.82) is 0 Å². The third-order valence-corrected chi connectivity index (χ3v) is 7.62. The molecule has 38 heavy (non-hydrogen) atoms. The van der Waals surface area contributed by atoms with Gasteiger partial charge in [0, 0.05) is 38.2 Å². The Labute approximate surface area is 223 Å². The number of thiophene rings is 1. The van der Waals surface area contributed by atoms with Crippen molar-refractivity contribution in [2.24, 2.45) is 5.10 Å². The van der Waals surface area contributed by atoms with Crippen LogP contribution in [0.1, 0.15) is 33.3 Å². The first-order chi connectivity index (χ1) is 18.5. The van der Waals surface area contributed by atoms with E-state index >= 15 is 0 Å². The summed E-state index contributed by atoms with van der Waals surface area (Å²) in [4.78, 5) is 31.7. The zero-order chi connectivity index (χ0) is 26.5. The molecule has 198 valence electrons. The minimum atomic E-state index is -0.517. The second kappa shape index (κ2) is 11.9. The van der Waals surface area contributed by atoms with Crippen LogP contribution in [0.5, 0.6) is 0 Å². The van der Waals surface area contributed by atoms with E-state index in [9.17, 15) is 18.4 Å². The lowest BCUT2D eigenvalue weighted by molar-refractivity contribution is -0.133. The standard InChI is InChI=1S/C28H28F2N4O3S/c29-22-8-6-20(7-9-22)25-18-24(26-5-2-16-38-26)31-34(25)27(35)19-33(11-10-32-12-14-37-15-13-32)28(36)21-3-1-4-23(30)17-21/h1-9,16-17,25H,10-15,18-19H2/t25-/m1/s1. The van der Waals surface area contributed by atoms with Gasteiger partial charge in [-0.1, -0.05) is 24.3 Å². The summed E-state index contributed by atoms with van der Waals surface area (Å²) in [6, 6.07) is 15.0. The molecule has 0 N–H and O–H groups in total. The van der Waals surface area contributed by atoms with Crippen molar-refractivity contribution in [3.05, 3.63) is 93.7 Å². The van der Waals surface area contributed by atoms with Crippen LogP contribution in [0.15, 0.2) is 71.1 Å². The average molecular weight is 539 g/mol. The molecule has 0 bridgehead atoms. The highest BCUT2D eigenvalue weighted by Crippen LogP contribution is 2.34. The molecule has 3 heterocycles. The maximum Gasteiger partial charge on any atom is 0.262 e. The van der Waals surface area contributed by atoms with Crippen molar-refractivity contribution in [1.82, 2.24) is 14.8 Å². The summed E-state index contributed by atoms with van der Waals surface area (Å²) in [5, 5.41) is 8.00. The third kappa shape index (κ3) is 6.15. The Bertz CT molecular complexity index is 1290. The summed E-state index contributed by atoms with van der Waals surface area (Å²) in [5.74, 6) is -1.67. The molecule has 2 amide bonds. The molecule has 2 aromatic carbocycles. The van der Waals surface area contributed by atoms with Gasteiger partial charge in [0.2, 0.25) is 0 Å². The predicted octanol–water partition coefficient (Wildman–Crippen LogP) is 4.18. The maximum atomic E-state index is 13.9. The number of ether oxygens (including phenoxy) is 1. The summed E-state index contributed by atoms with van der Waals surface area (Å²) < 4.78 is 32.9. The fraction of sp³-hybridized carbons (Fsp3) is 0.321. The Balaban J connectivity index is 1.39. The van der Waals surface area contributed by atoms with Gasteiger partial charge in [0.15, 0.2) is 0 Å². The van der Waals surface area contributed by atoms with Crippen LogP contribution in [0, 0.1) is 11.6 Å². The van der Waals surface area contributed by atoms with Crippen LogP contribution in [-0.4, -0.2) is 78.3 Å². The molecule has 0 saturated carbocycles. The van der Waals surface area contributed by atoms with Gasteiger partial charge >= 0.3 is 0 Å². The van der Waals surface area contributed by atoms with E-state index in [0.29, 0.717) is 26.2 Å². The first kappa shape index (κ1) is 26.1. The van der Waals surface area contributed by atoms with Gasteiger partial charge in [0.05, 0.1) is 29.8 Å². The summed E-state index contributed by atoms with van der Waals surface area (Å²) in [6.45, 7) is 3.33. The molecule has 2 aliphatic heterocycles. The fourth-order valence-electron chi connectivity index (χ4n) is 4.66. The smallest absolute Gasteiger partial charge is 0.262 e. The Morgan fingerprint density at radius 1 is 1.03 bits per heavy atom. The zero-order valence-electron chi connectivity index (χ0n) is 20.8. The van der Waals surface area contributed by atoms with Crippen molar-refractivity contribution >= 4 is 28.9 Å². The van der Waals surface area contributed by atoms with Gasteiger partial charge in [0.1, 0.15) is 18.2 Å². The van der Waals surface area contributed by atoms with Crippen molar-refractivity contribution in [2.75, 3.05) is 45.9 Å². The quantitative estimate of drug-likeness (QED) is 0.432. The number of carbonyl (C=O) groups is 2. The Kier molecular flexibility index (Phi) is 8.21. The predicted molar refractivity (Wildman–Crippen MR) is 141 cm³/mol. The number of nitrogens with zero attached hydrogens (tertiary/aromatic N) is 4. The normalized spacial score (nSPS) is 17.9. The first-order valence-corrected chi connectivity index (χ1v) is 13.4. The first-order valence-electron chi connectivity index (χ1n) is 12.5. The summed E-state index contributed by atoms with van der Waals surface area (Å²) in [7, 11) is 0. The van der Waals surface area contributed by atoms with Gasteiger partial charge in [-0.2, -0.15) is 5.10 Å². The van der Waals surface area contributed by atoms with Crippen LogP contribution in [0.3, 0.4) is 0 Å². The molecular formula is C28H28F2N4O3S.